The van der Waals surface area contributed by atoms with E-state index in [9.17, 15) is 9.59 Å². The van der Waals surface area contributed by atoms with E-state index in [1.807, 2.05) is 30.3 Å². The maximum absolute atomic E-state index is 12.0. The molecule has 2 N–H and O–H groups in total. The number of rotatable bonds is 4. The summed E-state index contributed by atoms with van der Waals surface area (Å²) in [5, 5.41) is 5.55. The summed E-state index contributed by atoms with van der Waals surface area (Å²) in [5.74, 6) is 0. The summed E-state index contributed by atoms with van der Waals surface area (Å²) in [7, 11) is 0. The fourth-order valence-corrected chi connectivity index (χ4v) is 2.33. The number of benzene rings is 2. The van der Waals surface area contributed by atoms with Gasteiger partial charge in [0, 0.05) is 17.9 Å². The Labute approximate surface area is 134 Å². The SMILES string of the molecule is O=C(NCc1ccccc1)Nc1cccc(N2CCOC2=O)c1. The molecule has 0 radical (unpaired) electrons. The Kier molecular flexibility index (Phi) is 4.42. The molecule has 2 aromatic rings. The molecule has 2 aromatic carbocycles. The van der Waals surface area contributed by atoms with Crippen molar-refractivity contribution in [1.29, 1.82) is 0 Å². The molecule has 0 bridgehead atoms. The minimum absolute atomic E-state index is 0.296. The quantitative estimate of drug-likeness (QED) is 0.912. The van der Waals surface area contributed by atoms with Gasteiger partial charge in [-0.3, -0.25) is 4.90 Å². The van der Waals surface area contributed by atoms with E-state index in [1.54, 1.807) is 24.3 Å². The number of cyclic esters (lactones) is 1. The maximum atomic E-state index is 12.0. The zero-order valence-corrected chi connectivity index (χ0v) is 12.5. The Bertz CT molecular complexity index is 703. The maximum Gasteiger partial charge on any atom is 0.414 e. The lowest BCUT2D eigenvalue weighted by Gasteiger charge is -2.14. The molecule has 1 aliphatic heterocycles. The Morgan fingerprint density at radius 1 is 1.13 bits per heavy atom. The van der Waals surface area contributed by atoms with Crippen LogP contribution in [0.25, 0.3) is 0 Å². The first-order chi connectivity index (χ1) is 11.2. The Balaban J connectivity index is 1.59. The van der Waals surface area contributed by atoms with Crippen molar-refractivity contribution in [3.63, 3.8) is 0 Å². The van der Waals surface area contributed by atoms with E-state index in [0.717, 1.165) is 5.56 Å². The van der Waals surface area contributed by atoms with Crippen LogP contribution in [0.2, 0.25) is 0 Å². The lowest BCUT2D eigenvalue weighted by atomic mass is 10.2. The highest BCUT2D eigenvalue weighted by atomic mass is 16.6. The first-order valence-electron chi connectivity index (χ1n) is 7.35. The van der Waals surface area contributed by atoms with Gasteiger partial charge in [0.15, 0.2) is 0 Å². The van der Waals surface area contributed by atoms with Gasteiger partial charge in [-0.2, -0.15) is 0 Å². The average Bonchev–Trinajstić information content (AvgIpc) is 3.00. The molecule has 0 aromatic heterocycles. The summed E-state index contributed by atoms with van der Waals surface area (Å²) >= 11 is 0. The van der Waals surface area contributed by atoms with Crippen molar-refractivity contribution in [3.8, 4) is 0 Å². The van der Waals surface area contributed by atoms with Crippen molar-refractivity contribution in [1.82, 2.24) is 5.32 Å². The van der Waals surface area contributed by atoms with Crippen LogP contribution in [0.5, 0.6) is 0 Å². The minimum atomic E-state index is -0.365. The Morgan fingerprint density at radius 2 is 1.96 bits per heavy atom. The topological polar surface area (TPSA) is 70.7 Å². The van der Waals surface area contributed by atoms with E-state index >= 15 is 0 Å². The predicted octanol–water partition coefficient (Wildman–Crippen LogP) is 2.96. The van der Waals surface area contributed by atoms with Crippen LogP contribution in [0.1, 0.15) is 5.56 Å². The van der Waals surface area contributed by atoms with Crippen LogP contribution >= 0.6 is 0 Å². The molecule has 3 amide bonds. The summed E-state index contributed by atoms with van der Waals surface area (Å²) < 4.78 is 4.92. The second kappa shape index (κ2) is 6.83. The van der Waals surface area contributed by atoms with Gasteiger partial charge >= 0.3 is 12.1 Å². The molecule has 1 saturated heterocycles. The van der Waals surface area contributed by atoms with Crippen LogP contribution in [-0.4, -0.2) is 25.3 Å². The van der Waals surface area contributed by atoms with E-state index in [0.29, 0.717) is 31.1 Å². The van der Waals surface area contributed by atoms with E-state index in [-0.39, 0.29) is 12.1 Å². The summed E-state index contributed by atoms with van der Waals surface area (Å²) in [6.45, 7) is 1.35. The van der Waals surface area contributed by atoms with Crippen LogP contribution in [0.3, 0.4) is 0 Å². The van der Waals surface area contributed by atoms with Crippen molar-refractivity contribution >= 4 is 23.5 Å². The van der Waals surface area contributed by atoms with Gasteiger partial charge in [0.05, 0.1) is 6.54 Å². The molecule has 6 heteroatoms. The second-order valence-electron chi connectivity index (χ2n) is 5.11. The van der Waals surface area contributed by atoms with Crippen molar-refractivity contribution in [3.05, 3.63) is 60.2 Å². The van der Waals surface area contributed by atoms with E-state index in [1.165, 1.54) is 4.90 Å². The first kappa shape index (κ1) is 14.9. The smallest absolute Gasteiger partial charge is 0.414 e. The number of urea groups is 1. The molecule has 0 saturated carbocycles. The van der Waals surface area contributed by atoms with Crippen molar-refractivity contribution < 1.29 is 14.3 Å². The molecule has 6 nitrogen and oxygen atoms in total. The number of hydrogen-bond donors (Lipinski definition) is 2. The monoisotopic (exact) mass is 311 g/mol. The first-order valence-corrected chi connectivity index (χ1v) is 7.35. The second-order valence-corrected chi connectivity index (χ2v) is 5.11. The highest BCUT2D eigenvalue weighted by Gasteiger charge is 2.23. The molecule has 1 heterocycles. The van der Waals surface area contributed by atoms with Gasteiger partial charge in [0.25, 0.3) is 0 Å². The van der Waals surface area contributed by atoms with Gasteiger partial charge in [0.2, 0.25) is 0 Å². The number of nitrogens with zero attached hydrogens (tertiary/aromatic N) is 1. The lowest BCUT2D eigenvalue weighted by molar-refractivity contribution is 0.181. The third-order valence-electron chi connectivity index (χ3n) is 3.47. The number of carbonyl (C=O) groups is 2. The molecular formula is C17H17N3O3. The van der Waals surface area contributed by atoms with E-state index in [4.69, 9.17) is 4.74 Å². The number of hydrogen-bond acceptors (Lipinski definition) is 3. The van der Waals surface area contributed by atoms with Gasteiger partial charge in [0.1, 0.15) is 6.61 Å². The molecule has 3 rings (SSSR count). The largest absolute Gasteiger partial charge is 0.447 e. The molecule has 0 unspecified atom stereocenters. The van der Waals surface area contributed by atoms with Crippen molar-refractivity contribution in [2.45, 2.75) is 6.54 Å². The van der Waals surface area contributed by atoms with Gasteiger partial charge in [-0.25, -0.2) is 9.59 Å². The number of nitrogens with one attached hydrogen (secondary N) is 2. The molecule has 23 heavy (non-hydrogen) atoms. The molecule has 118 valence electrons. The van der Waals surface area contributed by atoms with Crippen LogP contribution in [0.15, 0.2) is 54.6 Å². The number of anilines is 2. The van der Waals surface area contributed by atoms with Gasteiger partial charge in [-0.15, -0.1) is 0 Å². The molecular weight excluding hydrogens is 294 g/mol. The van der Waals surface area contributed by atoms with E-state index in [2.05, 4.69) is 10.6 Å². The number of carbonyl (C=O) groups excluding carboxylic acids is 2. The normalized spacial score (nSPS) is 13.6. The zero-order valence-electron chi connectivity index (χ0n) is 12.5. The van der Waals surface area contributed by atoms with Crippen LogP contribution in [0.4, 0.5) is 21.0 Å². The summed E-state index contributed by atoms with van der Waals surface area (Å²) in [6, 6.07) is 16.5. The fourth-order valence-electron chi connectivity index (χ4n) is 2.33. The number of ether oxygens (including phenoxy) is 1. The summed E-state index contributed by atoms with van der Waals surface area (Å²) in [6.07, 6.45) is -0.365. The zero-order chi connectivity index (χ0) is 16.1. The minimum Gasteiger partial charge on any atom is -0.447 e. The molecule has 0 spiro atoms. The molecule has 0 aliphatic carbocycles. The van der Waals surface area contributed by atoms with Crippen LogP contribution in [0, 0.1) is 0 Å². The third-order valence-corrected chi connectivity index (χ3v) is 3.47. The molecule has 1 fully saturated rings. The molecule has 0 atom stereocenters. The fraction of sp³-hybridized carbons (Fsp3) is 0.176. The van der Waals surface area contributed by atoms with Crippen LogP contribution in [-0.2, 0) is 11.3 Å². The summed E-state index contributed by atoms with van der Waals surface area (Å²) in [5.41, 5.74) is 2.34. The summed E-state index contributed by atoms with van der Waals surface area (Å²) in [4.78, 5) is 25.1. The van der Waals surface area contributed by atoms with Crippen molar-refractivity contribution in [2.75, 3.05) is 23.4 Å². The van der Waals surface area contributed by atoms with Crippen molar-refractivity contribution in [2.24, 2.45) is 0 Å². The predicted molar refractivity (Wildman–Crippen MR) is 87.4 cm³/mol. The van der Waals surface area contributed by atoms with Gasteiger partial charge in [-0.05, 0) is 23.8 Å². The highest BCUT2D eigenvalue weighted by Crippen LogP contribution is 2.22. The standard InChI is InChI=1S/C17H17N3O3/c21-16(18-12-13-5-2-1-3-6-13)19-14-7-4-8-15(11-14)20-9-10-23-17(20)22/h1-8,11H,9-10,12H2,(H2,18,19,21). The third kappa shape index (κ3) is 3.79. The average molecular weight is 311 g/mol. The van der Waals surface area contributed by atoms with Gasteiger partial charge < -0.3 is 15.4 Å². The molecule has 1 aliphatic rings. The lowest BCUT2D eigenvalue weighted by Crippen LogP contribution is -2.28. The van der Waals surface area contributed by atoms with Crippen LogP contribution < -0.4 is 15.5 Å². The Morgan fingerprint density at radius 3 is 2.70 bits per heavy atom. The van der Waals surface area contributed by atoms with E-state index < -0.39 is 0 Å². The van der Waals surface area contributed by atoms with Gasteiger partial charge in [-0.1, -0.05) is 36.4 Å². The highest BCUT2D eigenvalue weighted by molar-refractivity contribution is 5.93. The number of amides is 3. The Hall–Kier alpha value is -3.02.